The lowest BCUT2D eigenvalue weighted by Gasteiger charge is -2.44. The molecule has 2 aromatic carbocycles. The molecule has 2 saturated heterocycles. The second-order valence-electron chi connectivity index (χ2n) is 12.8. The third-order valence-electron chi connectivity index (χ3n) is 10.6. The number of aliphatic carboxylic acids is 1. The molecule has 0 amide bonds. The van der Waals surface area contributed by atoms with Gasteiger partial charge in [-0.3, -0.25) is 0 Å². The Hall–Kier alpha value is -2.62. The molecule has 5 atom stereocenters. The maximum Gasteiger partial charge on any atom is 0.430 e. The molecule has 5 N–H and O–H groups in total. The number of fused-ring (bicyclic) bond motifs is 2. The number of carboxylic acid groups (broad SMARTS) is 1. The van der Waals surface area contributed by atoms with Crippen LogP contribution in [0.5, 0.6) is 5.75 Å². The first-order chi connectivity index (χ1) is 20.2. The molecule has 42 heavy (non-hydrogen) atoms. The lowest BCUT2D eigenvalue weighted by molar-refractivity contribution is -0.939. The van der Waals surface area contributed by atoms with Crippen LogP contribution in [-0.2, 0) is 16.8 Å². The minimum Gasteiger partial charge on any atom is -0.542 e. The maximum absolute atomic E-state index is 10.5. The summed E-state index contributed by atoms with van der Waals surface area (Å²) in [6.07, 6.45) is 4.83. The molecule has 4 aliphatic rings. The Balaban J connectivity index is 0.000000451. The molecule has 3 heterocycles. The molecule has 3 aliphatic heterocycles. The summed E-state index contributed by atoms with van der Waals surface area (Å²) in [7, 11) is 1.84. The van der Waals surface area contributed by atoms with Gasteiger partial charge in [0.1, 0.15) is 23.7 Å². The van der Waals surface area contributed by atoms with Crippen molar-refractivity contribution in [1.29, 1.82) is 0 Å². The fourth-order valence-corrected chi connectivity index (χ4v) is 8.61. The molecule has 230 valence electrons. The van der Waals surface area contributed by atoms with Gasteiger partial charge >= 0.3 is 6.18 Å². The molecule has 6 rings (SSSR count). The highest BCUT2D eigenvalue weighted by molar-refractivity contribution is 5.70. The van der Waals surface area contributed by atoms with Gasteiger partial charge in [0, 0.05) is 18.8 Å². The van der Waals surface area contributed by atoms with Gasteiger partial charge in [-0.25, -0.2) is 0 Å². The van der Waals surface area contributed by atoms with E-state index < -0.39 is 12.1 Å². The van der Waals surface area contributed by atoms with E-state index in [1.54, 1.807) is 11.1 Å². The van der Waals surface area contributed by atoms with Crippen molar-refractivity contribution in [2.75, 3.05) is 39.8 Å². The number of alkyl halides is 3. The van der Waals surface area contributed by atoms with Crippen molar-refractivity contribution in [2.45, 2.75) is 75.0 Å². The minimum absolute atomic E-state index is 0.294. The number of nitrogens with two attached hydrogens (primary N) is 2. The van der Waals surface area contributed by atoms with Crippen LogP contribution < -0.4 is 25.4 Å². The van der Waals surface area contributed by atoms with Gasteiger partial charge in [0.05, 0.1) is 57.4 Å². The van der Waals surface area contributed by atoms with Gasteiger partial charge in [0.15, 0.2) is 0 Å². The fraction of sp³-hybridized carbons (Fsp3) is 0.606. The van der Waals surface area contributed by atoms with E-state index in [1.165, 1.54) is 83.2 Å². The zero-order valence-electron chi connectivity index (χ0n) is 24.6. The number of carbonyl (C=O) groups excluding carboxylic acids is 1. The molecule has 1 aliphatic carbocycles. The minimum atomic E-state index is -5.19. The van der Waals surface area contributed by atoms with Gasteiger partial charge in [0.25, 0.3) is 0 Å². The van der Waals surface area contributed by atoms with E-state index >= 15 is 0 Å². The summed E-state index contributed by atoms with van der Waals surface area (Å²) < 4.78 is 37.4. The second kappa shape index (κ2) is 13.3. The van der Waals surface area contributed by atoms with E-state index in [-0.39, 0.29) is 0 Å². The second-order valence-corrected chi connectivity index (χ2v) is 12.8. The third kappa shape index (κ3) is 6.63. The number of hydrogen-bond donors (Lipinski definition) is 3. The molecule has 2 aromatic rings. The SMILES string of the molecule is COc1cccc2c1C[NH2+]C[C@]21C[NH2+]C[C@H]1C[NH+]1CC[C@@H](c2ccccc2)C[C@H]1C1CCCCC1.O=C([O-])C(F)(F)F. The number of carboxylic acids is 1. The van der Waals surface area contributed by atoms with Crippen molar-refractivity contribution >= 4 is 5.97 Å². The Morgan fingerprint density at radius 1 is 1.02 bits per heavy atom. The summed E-state index contributed by atoms with van der Waals surface area (Å²) in [4.78, 5) is 10.7. The van der Waals surface area contributed by atoms with Gasteiger partial charge in [0.2, 0.25) is 0 Å². The summed E-state index contributed by atoms with van der Waals surface area (Å²) in [5, 5.41) is 14.0. The number of piperidine rings is 1. The van der Waals surface area contributed by atoms with Crippen LogP contribution in [0.4, 0.5) is 13.2 Å². The quantitative estimate of drug-likeness (QED) is 0.485. The molecule has 1 spiro atoms. The predicted molar refractivity (Wildman–Crippen MR) is 151 cm³/mol. The number of likely N-dealkylation sites (tertiary alicyclic amines) is 1. The summed E-state index contributed by atoms with van der Waals surface area (Å²) >= 11 is 0. The zero-order valence-corrected chi connectivity index (χ0v) is 24.6. The smallest absolute Gasteiger partial charge is 0.430 e. The average molecular weight is 590 g/mol. The number of methoxy groups -OCH3 is 1. The van der Waals surface area contributed by atoms with E-state index in [2.05, 4.69) is 59.2 Å². The average Bonchev–Trinajstić information content (AvgIpc) is 3.40. The van der Waals surface area contributed by atoms with E-state index in [9.17, 15) is 13.2 Å². The van der Waals surface area contributed by atoms with Crippen molar-refractivity contribution < 1.29 is 43.3 Å². The molecular formula is C33H46F3N3O3+2. The zero-order chi connectivity index (χ0) is 29.7. The van der Waals surface area contributed by atoms with E-state index in [1.807, 2.05) is 12.0 Å². The largest absolute Gasteiger partial charge is 0.542 e. The number of carbonyl (C=O) groups is 1. The molecule has 1 saturated carbocycles. The Morgan fingerprint density at radius 2 is 1.74 bits per heavy atom. The standard InChI is InChI=1S/C31H43N3O.C2HF3O2/c1-35-30-14-8-13-28-27(30)19-33-22-31(28)21-32-18-26(31)20-34-16-15-25(23-9-4-2-5-10-23)17-29(34)24-11-6-3-7-12-24;3-2(4,5)1(6)7/h2,4-5,8-10,13-14,24-26,29,32-33H,3,6-7,11-12,15-22H2,1H3;(H,6,7)/p+2/t25-,26+,29+,31+;/m1./s1. The van der Waals surface area contributed by atoms with Crippen LogP contribution in [0.2, 0.25) is 0 Å². The predicted octanol–water partition coefficient (Wildman–Crippen LogP) is 0.913. The molecule has 0 aromatic heterocycles. The molecular weight excluding hydrogens is 543 g/mol. The van der Waals surface area contributed by atoms with Crippen LogP contribution in [0.15, 0.2) is 48.5 Å². The van der Waals surface area contributed by atoms with Crippen molar-refractivity contribution in [2.24, 2.45) is 11.8 Å². The topological polar surface area (TPSA) is 87.0 Å². The lowest BCUT2D eigenvalue weighted by atomic mass is 9.68. The Labute approximate surface area is 247 Å². The molecule has 0 radical (unpaired) electrons. The first kappa shape index (κ1) is 30.8. The maximum atomic E-state index is 10.5. The van der Waals surface area contributed by atoms with Gasteiger partial charge in [-0.1, -0.05) is 61.7 Å². The highest BCUT2D eigenvalue weighted by Gasteiger charge is 2.55. The van der Waals surface area contributed by atoms with E-state index in [0.717, 1.165) is 36.1 Å². The fourth-order valence-electron chi connectivity index (χ4n) is 8.61. The van der Waals surface area contributed by atoms with Gasteiger partial charge in [-0.05, 0) is 36.0 Å². The summed E-state index contributed by atoms with van der Waals surface area (Å²) in [6.45, 7) is 7.53. The number of halogens is 3. The Bertz CT molecular complexity index is 1190. The van der Waals surface area contributed by atoms with Crippen LogP contribution in [-0.4, -0.2) is 58.0 Å². The van der Waals surface area contributed by atoms with Crippen molar-refractivity contribution in [3.8, 4) is 5.75 Å². The normalized spacial score (nSPS) is 29.8. The van der Waals surface area contributed by atoms with Crippen LogP contribution in [0.25, 0.3) is 0 Å². The Morgan fingerprint density at radius 3 is 2.43 bits per heavy atom. The summed E-state index contributed by atoms with van der Waals surface area (Å²) in [5.41, 5.74) is 4.94. The Kier molecular flexibility index (Phi) is 9.80. The highest BCUT2D eigenvalue weighted by atomic mass is 19.4. The lowest BCUT2D eigenvalue weighted by Crippen LogP contribution is -3.18. The molecule has 3 fully saturated rings. The number of hydrogen-bond acceptors (Lipinski definition) is 3. The van der Waals surface area contributed by atoms with Crippen molar-refractivity contribution in [3.05, 3.63) is 65.2 Å². The van der Waals surface area contributed by atoms with Crippen LogP contribution in [0.3, 0.4) is 0 Å². The number of rotatable bonds is 5. The first-order valence-corrected chi connectivity index (χ1v) is 15.7. The van der Waals surface area contributed by atoms with E-state index in [0.29, 0.717) is 5.41 Å². The monoisotopic (exact) mass is 589 g/mol. The van der Waals surface area contributed by atoms with Crippen LogP contribution in [0.1, 0.15) is 67.6 Å². The van der Waals surface area contributed by atoms with Gasteiger partial charge in [-0.15, -0.1) is 0 Å². The summed E-state index contributed by atoms with van der Waals surface area (Å²) in [6, 6.07) is 19.1. The number of quaternary nitrogens is 3. The van der Waals surface area contributed by atoms with E-state index in [4.69, 9.17) is 14.6 Å². The van der Waals surface area contributed by atoms with Crippen molar-refractivity contribution in [3.63, 3.8) is 0 Å². The molecule has 9 heteroatoms. The van der Waals surface area contributed by atoms with Gasteiger partial charge in [-0.2, -0.15) is 13.2 Å². The third-order valence-corrected chi connectivity index (χ3v) is 10.6. The van der Waals surface area contributed by atoms with Crippen LogP contribution >= 0.6 is 0 Å². The number of nitrogens with one attached hydrogen (secondary N) is 1. The molecule has 0 bridgehead atoms. The van der Waals surface area contributed by atoms with Crippen molar-refractivity contribution in [1.82, 2.24) is 0 Å². The summed E-state index contributed by atoms with van der Waals surface area (Å²) in [5.74, 6) is 0.521. The number of benzene rings is 2. The van der Waals surface area contributed by atoms with Crippen LogP contribution in [0, 0.1) is 11.8 Å². The van der Waals surface area contributed by atoms with Gasteiger partial charge < -0.3 is 30.2 Å². The number of ether oxygens (including phenoxy) is 1. The highest BCUT2D eigenvalue weighted by Crippen LogP contribution is 2.39. The molecule has 6 nitrogen and oxygen atoms in total. The first-order valence-electron chi connectivity index (χ1n) is 15.7. The molecule has 1 unspecified atom stereocenters.